The lowest BCUT2D eigenvalue weighted by molar-refractivity contribution is -0.123. The molecule has 0 atom stereocenters. The van der Waals surface area contributed by atoms with Gasteiger partial charge in [0.05, 0.1) is 0 Å². The van der Waals surface area contributed by atoms with Gasteiger partial charge in [-0.1, -0.05) is 25.0 Å². The molecule has 5 nitrogen and oxygen atoms in total. The molecule has 0 radical (unpaired) electrons. The summed E-state index contributed by atoms with van der Waals surface area (Å²) in [5.74, 6) is -1.05. The van der Waals surface area contributed by atoms with Crippen LogP contribution in [0.1, 0.15) is 36.0 Å². The Hall–Kier alpha value is -2.04. The van der Waals surface area contributed by atoms with Crippen molar-refractivity contribution in [2.24, 2.45) is 0 Å². The molecule has 1 saturated carbocycles. The first-order valence-corrected chi connectivity index (χ1v) is 6.41. The fourth-order valence-corrected chi connectivity index (χ4v) is 2.25. The number of hydrogen-bond donors (Lipinski definition) is 2. The molecule has 19 heavy (non-hydrogen) atoms. The second-order valence-corrected chi connectivity index (χ2v) is 4.64. The zero-order valence-electron chi connectivity index (χ0n) is 10.6. The van der Waals surface area contributed by atoms with Crippen molar-refractivity contribution in [3.8, 4) is 5.75 Å². The van der Waals surface area contributed by atoms with E-state index in [1.165, 1.54) is 6.07 Å². The first kappa shape index (κ1) is 13.4. The second-order valence-electron chi connectivity index (χ2n) is 4.64. The van der Waals surface area contributed by atoms with E-state index in [2.05, 4.69) is 5.32 Å². The third kappa shape index (κ3) is 3.71. The molecular formula is C14H17NO4. The lowest BCUT2D eigenvalue weighted by Gasteiger charge is -2.13. The minimum Gasteiger partial charge on any atom is -0.483 e. The number of amides is 1. The highest BCUT2D eigenvalue weighted by molar-refractivity contribution is 5.91. The first-order valence-electron chi connectivity index (χ1n) is 6.41. The largest absolute Gasteiger partial charge is 0.483 e. The highest BCUT2D eigenvalue weighted by Crippen LogP contribution is 2.19. The lowest BCUT2D eigenvalue weighted by Crippen LogP contribution is -2.36. The summed E-state index contributed by atoms with van der Waals surface area (Å²) in [7, 11) is 0. The Morgan fingerprint density at radius 1 is 1.26 bits per heavy atom. The van der Waals surface area contributed by atoms with Crippen molar-refractivity contribution in [1.29, 1.82) is 0 Å². The molecule has 1 aromatic carbocycles. The first-order chi connectivity index (χ1) is 9.16. The van der Waals surface area contributed by atoms with Crippen LogP contribution < -0.4 is 10.1 Å². The molecular weight excluding hydrogens is 246 g/mol. The van der Waals surface area contributed by atoms with E-state index >= 15 is 0 Å². The molecule has 1 amide bonds. The summed E-state index contributed by atoms with van der Waals surface area (Å²) < 4.78 is 5.28. The number of aromatic carboxylic acids is 1. The summed E-state index contributed by atoms with van der Waals surface area (Å²) in [5.41, 5.74) is 0.0659. The number of para-hydroxylation sites is 1. The normalized spacial score (nSPS) is 15.2. The van der Waals surface area contributed by atoms with Crippen molar-refractivity contribution in [3.63, 3.8) is 0 Å². The number of nitrogens with one attached hydrogen (secondary N) is 1. The van der Waals surface area contributed by atoms with Crippen molar-refractivity contribution in [1.82, 2.24) is 5.32 Å². The standard InChI is InChI=1S/C14H17NO4/c16-13(15-10-5-1-2-6-10)9-19-12-8-4-3-7-11(12)14(17)18/h3-4,7-8,10H,1-2,5-6,9H2,(H,15,16)(H,17,18). The molecule has 5 heteroatoms. The summed E-state index contributed by atoms with van der Waals surface area (Å²) in [6.45, 7) is -0.152. The average Bonchev–Trinajstić information content (AvgIpc) is 2.89. The van der Waals surface area contributed by atoms with Gasteiger partial charge in [0, 0.05) is 6.04 Å². The lowest BCUT2D eigenvalue weighted by atomic mass is 10.2. The molecule has 0 bridgehead atoms. The molecule has 1 aliphatic rings. The highest BCUT2D eigenvalue weighted by atomic mass is 16.5. The quantitative estimate of drug-likeness (QED) is 0.849. The van der Waals surface area contributed by atoms with Gasteiger partial charge in [-0.25, -0.2) is 4.79 Å². The van der Waals surface area contributed by atoms with E-state index in [0.717, 1.165) is 25.7 Å². The van der Waals surface area contributed by atoms with Gasteiger partial charge in [0.25, 0.3) is 5.91 Å². The molecule has 0 spiro atoms. The molecule has 1 aromatic rings. The predicted molar refractivity (Wildman–Crippen MR) is 69.3 cm³/mol. The molecule has 1 fully saturated rings. The van der Waals surface area contributed by atoms with E-state index in [9.17, 15) is 9.59 Å². The third-order valence-corrected chi connectivity index (χ3v) is 3.20. The third-order valence-electron chi connectivity index (χ3n) is 3.20. The summed E-state index contributed by atoms with van der Waals surface area (Å²) in [6, 6.07) is 6.54. The number of carboxylic acids is 1. The molecule has 0 aromatic heterocycles. The second kappa shape index (κ2) is 6.22. The molecule has 0 unspecified atom stereocenters. The van der Waals surface area contributed by atoms with Gasteiger partial charge in [-0.05, 0) is 25.0 Å². The van der Waals surface area contributed by atoms with E-state index < -0.39 is 5.97 Å². The SMILES string of the molecule is O=C(COc1ccccc1C(=O)O)NC1CCCC1. The van der Waals surface area contributed by atoms with E-state index in [0.29, 0.717) is 0 Å². The van der Waals surface area contributed by atoms with Gasteiger partial charge >= 0.3 is 5.97 Å². The van der Waals surface area contributed by atoms with Crippen LogP contribution in [0.4, 0.5) is 0 Å². The molecule has 2 N–H and O–H groups in total. The number of benzene rings is 1. The van der Waals surface area contributed by atoms with E-state index in [-0.39, 0.29) is 29.9 Å². The van der Waals surface area contributed by atoms with Crippen LogP contribution in [0.25, 0.3) is 0 Å². The van der Waals surface area contributed by atoms with Crippen LogP contribution in [0.2, 0.25) is 0 Å². The van der Waals surface area contributed by atoms with Crippen LogP contribution in [0.15, 0.2) is 24.3 Å². The van der Waals surface area contributed by atoms with Gasteiger partial charge in [0.2, 0.25) is 0 Å². The average molecular weight is 263 g/mol. The Bertz CT molecular complexity index is 466. The fraction of sp³-hybridized carbons (Fsp3) is 0.429. The number of carbonyl (C=O) groups is 2. The Morgan fingerprint density at radius 2 is 1.95 bits per heavy atom. The maximum atomic E-state index is 11.7. The van der Waals surface area contributed by atoms with Crippen molar-refractivity contribution in [2.45, 2.75) is 31.7 Å². The number of hydrogen-bond acceptors (Lipinski definition) is 3. The van der Waals surface area contributed by atoms with Crippen LogP contribution in [0, 0.1) is 0 Å². The van der Waals surface area contributed by atoms with Crippen LogP contribution in [-0.2, 0) is 4.79 Å². The molecule has 0 heterocycles. The Kier molecular flexibility index (Phi) is 4.39. The van der Waals surface area contributed by atoms with Crippen LogP contribution in [0.5, 0.6) is 5.75 Å². The molecule has 1 aliphatic carbocycles. The maximum Gasteiger partial charge on any atom is 0.339 e. The van der Waals surface area contributed by atoms with Crippen molar-refractivity contribution in [2.75, 3.05) is 6.61 Å². The summed E-state index contributed by atoms with van der Waals surface area (Å²) in [6.07, 6.45) is 4.32. The number of ether oxygens (including phenoxy) is 1. The van der Waals surface area contributed by atoms with Gasteiger partial charge in [-0.3, -0.25) is 4.79 Å². The van der Waals surface area contributed by atoms with Gasteiger partial charge in [0.1, 0.15) is 11.3 Å². The Morgan fingerprint density at radius 3 is 2.63 bits per heavy atom. The fourth-order valence-electron chi connectivity index (χ4n) is 2.25. The smallest absolute Gasteiger partial charge is 0.339 e. The Balaban J connectivity index is 1.87. The van der Waals surface area contributed by atoms with Crippen molar-refractivity contribution in [3.05, 3.63) is 29.8 Å². The molecule has 102 valence electrons. The van der Waals surface area contributed by atoms with Gasteiger partial charge in [-0.2, -0.15) is 0 Å². The molecule has 2 rings (SSSR count). The summed E-state index contributed by atoms with van der Waals surface area (Å²) >= 11 is 0. The van der Waals surface area contributed by atoms with Gasteiger partial charge in [0.15, 0.2) is 6.61 Å². The minimum absolute atomic E-state index is 0.0659. The monoisotopic (exact) mass is 263 g/mol. The van der Waals surface area contributed by atoms with Crippen LogP contribution >= 0.6 is 0 Å². The zero-order valence-corrected chi connectivity index (χ0v) is 10.6. The Labute approximate surface area is 111 Å². The van der Waals surface area contributed by atoms with Gasteiger partial charge in [-0.15, -0.1) is 0 Å². The zero-order chi connectivity index (χ0) is 13.7. The van der Waals surface area contributed by atoms with Crippen LogP contribution in [-0.4, -0.2) is 29.6 Å². The van der Waals surface area contributed by atoms with E-state index in [1.807, 2.05) is 0 Å². The van der Waals surface area contributed by atoms with Crippen molar-refractivity contribution >= 4 is 11.9 Å². The maximum absolute atomic E-state index is 11.7. The van der Waals surface area contributed by atoms with Gasteiger partial charge < -0.3 is 15.2 Å². The van der Waals surface area contributed by atoms with E-state index in [1.54, 1.807) is 18.2 Å². The predicted octanol–water partition coefficient (Wildman–Crippen LogP) is 1.82. The topological polar surface area (TPSA) is 75.6 Å². The van der Waals surface area contributed by atoms with Crippen LogP contribution in [0.3, 0.4) is 0 Å². The molecule has 0 saturated heterocycles. The summed E-state index contributed by atoms with van der Waals surface area (Å²) in [5, 5.41) is 11.9. The number of carbonyl (C=O) groups excluding carboxylic acids is 1. The van der Waals surface area contributed by atoms with Crippen molar-refractivity contribution < 1.29 is 19.4 Å². The summed E-state index contributed by atoms with van der Waals surface area (Å²) in [4.78, 5) is 22.6. The van der Waals surface area contributed by atoms with E-state index in [4.69, 9.17) is 9.84 Å². The minimum atomic E-state index is -1.06. The number of rotatable bonds is 5. The highest BCUT2D eigenvalue weighted by Gasteiger charge is 2.18. The molecule has 0 aliphatic heterocycles. The number of carboxylic acid groups (broad SMARTS) is 1.